The molecule has 0 saturated heterocycles. The summed E-state index contributed by atoms with van der Waals surface area (Å²) in [6.45, 7) is 8.17. The molecule has 0 aliphatic carbocycles. The van der Waals surface area contributed by atoms with Gasteiger partial charge in [0, 0.05) is 6.54 Å². The maximum absolute atomic E-state index is 10.9. The zero-order valence-electron chi connectivity index (χ0n) is 6.98. The van der Waals surface area contributed by atoms with Crippen molar-refractivity contribution < 1.29 is 4.79 Å². The summed E-state index contributed by atoms with van der Waals surface area (Å²) in [5.74, 6) is 0.0336. The summed E-state index contributed by atoms with van der Waals surface area (Å²) in [6, 6.07) is 0. The van der Waals surface area contributed by atoms with Gasteiger partial charge in [-0.2, -0.15) is 0 Å². The number of carbonyl (C=O) groups is 1. The minimum Gasteiger partial charge on any atom is -0.355 e. The average molecular weight is 220 g/mol. The van der Waals surface area contributed by atoms with Crippen LogP contribution in [0.4, 0.5) is 0 Å². The molecule has 11 heavy (non-hydrogen) atoms. The Morgan fingerprint density at radius 3 is 2.64 bits per heavy atom. The van der Waals surface area contributed by atoms with Crippen LogP contribution in [0.15, 0.2) is 12.2 Å². The first-order valence-corrected chi connectivity index (χ1v) is 4.51. The van der Waals surface area contributed by atoms with Gasteiger partial charge in [0.1, 0.15) is 0 Å². The van der Waals surface area contributed by atoms with Gasteiger partial charge in [0.2, 0.25) is 5.91 Å². The van der Waals surface area contributed by atoms with Crippen LogP contribution in [0.2, 0.25) is 0 Å². The molecule has 0 aromatic rings. The van der Waals surface area contributed by atoms with Gasteiger partial charge in [-0.25, -0.2) is 0 Å². The molecule has 0 aliphatic rings. The highest BCUT2D eigenvalue weighted by molar-refractivity contribution is 9.10. The molecule has 1 atom stereocenters. The number of rotatable bonds is 4. The Morgan fingerprint density at radius 2 is 2.27 bits per heavy atom. The summed E-state index contributed by atoms with van der Waals surface area (Å²) >= 11 is 3.17. The van der Waals surface area contributed by atoms with Crippen LogP contribution in [0.3, 0.4) is 0 Å². The quantitative estimate of drug-likeness (QED) is 0.568. The Bertz CT molecular complexity index is 154. The fourth-order valence-electron chi connectivity index (χ4n) is 0.540. The third-order valence-corrected chi connectivity index (χ3v) is 1.63. The predicted molar refractivity (Wildman–Crippen MR) is 50.8 cm³/mol. The molecule has 0 spiro atoms. The van der Waals surface area contributed by atoms with Gasteiger partial charge in [0.15, 0.2) is 0 Å². The molecule has 0 aliphatic heterocycles. The lowest BCUT2D eigenvalue weighted by atomic mass is 10.2. The lowest BCUT2D eigenvalue weighted by Crippen LogP contribution is -2.30. The van der Waals surface area contributed by atoms with Gasteiger partial charge in [-0.1, -0.05) is 21.5 Å². The molecule has 0 saturated carbocycles. The van der Waals surface area contributed by atoms with Crippen LogP contribution in [0, 0.1) is 0 Å². The first kappa shape index (κ1) is 10.7. The van der Waals surface area contributed by atoms with Crippen molar-refractivity contribution in [1.82, 2.24) is 5.32 Å². The lowest BCUT2D eigenvalue weighted by Gasteiger charge is -2.05. The molecule has 0 heterocycles. The number of amides is 1. The largest absolute Gasteiger partial charge is 0.355 e. The van der Waals surface area contributed by atoms with Crippen molar-refractivity contribution >= 4 is 21.8 Å². The SMILES string of the molecule is C=C(C)CCNC(=O)C(C)Br. The second kappa shape index (κ2) is 5.35. The summed E-state index contributed by atoms with van der Waals surface area (Å²) < 4.78 is 0. The second-order valence-corrected chi connectivity index (χ2v) is 3.99. The number of halogens is 1. The lowest BCUT2D eigenvalue weighted by molar-refractivity contribution is -0.120. The molecule has 0 rings (SSSR count). The van der Waals surface area contributed by atoms with Gasteiger partial charge in [0.25, 0.3) is 0 Å². The Kier molecular flexibility index (Phi) is 5.20. The smallest absolute Gasteiger partial charge is 0.233 e. The monoisotopic (exact) mass is 219 g/mol. The van der Waals surface area contributed by atoms with Crippen molar-refractivity contribution in [3.8, 4) is 0 Å². The zero-order valence-corrected chi connectivity index (χ0v) is 8.57. The van der Waals surface area contributed by atoms with E-state index in [-0.39, 0.29) is 10.7 Å². The topological polar surface area (TPSA) is 29.1 Å². The van der Waals surface area contributed by atoms with Gasteiger partial charge in [-0.15, -0.1) is 6.58 Å². The molecular formula is C8H14BrNO. The third-order valence-electron chi connectivity index (χ3n) is 1.21. The molecule has 3 heteroatoms. The van der Waals surface area contributed by atoms with E-state index in [0.717, 1.165) is 12.0 Å². The van der Waals surface area contributed by atoms with Crippen molar-refractivity contribution in [3.05, 3.63) is 12.2 Å². The molecule has 2 nitrogen and oxygen atoms in total. The van der Waals surface area contributed by atoms with Crippen molar-refractivity contribution in [2.24, 2.45) is 0 Å². The van der Waals surface area contributed by atoms with E-state index < -0.39 is 0 Å². The number of nitrogens with one attached hydrogen (secondary N) is 1. The van der Waals surface area contributed by atoms with Gasteiger partial charge in [-0.05, 0) is 20.3 Å². The molecule has 1 N–H and O–H groups in total. The fraction of sp³-hybridized carbons (Fsp3) is 0.625. The molecule has 0 aromatic heterocycles. The first-order valence-electron chi connectivity index (χ1n) is 3.60. The first-order chi connectivity index (χ1) is 5.04. The molecule has 0 bridgehead atoms. The number of hydrogen-bond acceptors (Lipinski definition) is 1. The summed E-state index contributed by atoms with van der Waals surface area (Å²) in [4.78, 5) is 10.8. The molecular weight excluding hydrogens is 206 g/mol. The van der Waals surface area contributed by atoms with Crippen LogP contribution >= 0.6 is 15.9 Å². The summed E-state index contributed by atoms with van der Waals surface area (Å²) in [5.41, 5.74) is 1.09. The maximum atomic E-state index is 10.9. The van der Waals surface area contributed by atoms with Gasteiger partial charge >= 0.3 is 0 Å². The highest BCUT2D eigenvalue weighted by Crippen LogP contribution is 1.97. The van der Waals surface area contributed by atoms with Crippen LogP contribution in [0.25, 0.3) is 0 Å². The molecule has 0 aromatic carbocycles. The van der Waals surface area contributed by atoms with E-state index in [2.05, 4.69) is 27.8 Å². The summed E-state index contributed by atoms with van der Waals surface area (Å²) in [7, 11) is 0. The molecule has 0 radical (unpaired) electrons. The summed E-state index contributed by atoms with van der Waals surface area (Å²) in [5, 5.41) is 2.77. The molecule has 0 fully saturated rings. The average Bonchev–Trinajstić information content (AvgIpc) is 1.86. The van der Waals surface area contributed by atoms with E-state index in [0.29, 0.717) is 6.54 Å². The minimum absolute atomic E-state index is 0.0336. The van der Waals surface area contributed by atoms with Crippen LogP contribution in [0.5, 0.6) is 0 Å². The minimum atomic E-state index is -0.104. The van der Waals surface area contributed by atoms with E-state index in [4.69, 9.17) is 0 Å². The molecule has 64 valence electrons. The van der Waals surface area contributed by atoms with Crippen LogP contribution in [-0.2, 0) is 4.79 Å². The number of carbonyl (C=O) groups excluding carboxylic acids is 1. The zero-order chi connectivity index (χ0) is 8.85. The number of alkyl halides is 1. The van der Waals surface area contributed by atoms with Crippen LogP contribution in [-0.4, -0.2) is 17.3 Å². The Balaban J connectivity index is 3.39. The van der Waals surface area contributed by atoms with Crippen LogP contribution < -0.4 is 5.32 Å². The fourth-order valence-corrected chi connectivity index (χ4v) is 0.702. The second-order valence-electron chi connectivity index (χ2n) is 2.61. The van der Waals surface area contributed by atoms with E-state index in [1.54, 1.807) is 6.92 Å². The van der Waals surface area contributed by atoms with Crippen molar-refractivity contribution in [2.45, 2.75) is 25.1 Å². The molecule has 1 unspecified atom stereocenters. The van der Waals surface area contributed by atoms with Crippen molar-refractivity contribution in [1.29, 1.82) is 0 Å². The van der Waals surface area contributed by atoms with E-state index >= 15 is 0 Å². The highest BCUT2D eigenvalue weighted by Gasteiger charge is 2.05. The van der Waals surface area contributed by atoms with Gasteiger partial charge in [0.05, 0.1) is 4.83 Å². The highest BCUT2D eigenvalue weighted by atomic mass is 79.9. The van der Waals surface area contributed by atoms with Crippen molar-refractivity contribution in [3.63, 3.8) is 0 Å². The van der Waals surface area contributed by atoms with E-state index in [1.165, 1.54) is 0 Å². The normalized spacial score (nSPS) is 12.3. The number of hydrogen-bond donors (Lipinski definition) is 1. The van der Waals surface area contributed by atoms with Crippen LogP contribution in [0.1, 0.15) is 20.3 Å². The van der Waals surface area contributed by atoms with Crippen molar-refractivity contribution in [2.75, 3.05) is 6.54 Å². The molecule has 1 amide bonds. The summed E-state index contributed by atoms with van der Waals surface area (Å²) in [6.07, 6.45) is 0.853. The van der Waals surface area contributed by atoms with Gasteiger partial charge < -0.3 is 5.32 Å². The Hall–Kier alpha value is -0.310. The van der Waals surface area contributed by atoms with E-state index in [9.17, 15) is 4.79 Å². The van der Waals surface area contributed by atoms with E-state index in [1.807, 2.05) is 6.92 Å². The maximum Gasteiger partial charge on any atom is 0.233 e. The standard InChI is InChI=1S/C8H14BrNO/c1-6(2)4-5-10-8(11)7(3)9/h7H,1,4-5H2,2-3H3,(H,10,11). The Morgan fingerprint density at radius 1 is 1.73 bits per heavy atom. The Labute approximate surface area is 76.2 Å². The predicted octanol–water partition coefficient (Wildman–Crippen LogP) is 1.85. The third kappa shape index (κ3) is 6.10. The van der Waals surface area contributed by atoms with Gasteiger partial charge in [-0.3, -0.25) is 4.79 Å².